The van der Waals surface area contributed by atoms with Crippen molar-refractivity contribution in [2.75, 3.05) is 5.32 Å². The number of sulfonamides is 1. The highest BCUT2D eigenvalue weighted by Crippen LogP contribution is 2.27. The molecule has 0 spiro atoms. The number of pyridine rings is 1. The first-order chi connectivity index (χ1) is 15.9. The molecule has 4 aromatic rings. The highest BCUT2D eigenvalue weighted by atomic mass is 32.2. The largest absolute Gasteiger partial charge is 0.299 e. The van der Waals surface area contributed by atoms with Crippen LogP contribution in [0.1, 0.15) is 20.3 Å². The van der Waals surface area contributed by atoms with E-state index in [-0.39, 0.29) is 10.8 Å². The Labute approximate surface area is 196 Å². The number of hydrogen-bond acceptors (Lipinski definition) is 7. The number of carbonyl (C=O) groups is 1. The van der Waals surface area contributed by atoms with Gasteiger partial charge >= 0.3 is 0 Å². The molecule has 0 aliphatic rings. The van der Waals surface area contributed by atoms with Gasteiger partial charge in [-0.05, 0) is 18.1 Å². The van der Waals surface area contributed by atoms with Crippen molar-refractivity contribution in [2.24, 2.45) is 5.92 Å². The van der Waals surface area contributed by atoms with Crippen LogP contribution in [0.2, 0.25) is 0 Å². The van der Waals surface area contributed by atoms with Gasteiger partial charge in [0, 0.05) is 17.1 Å². The van der Waals surface area contributed by atoms with Crippen molar-refractivity contribution in [2.45, 2.75) is 31.2 Å². The molecule has 0 saturated carbocycles. The van der Waals surface area contributed by atoms with Crippen molar-refractivity contribution < 1.29 is 13.2 Å². The van der Waals surface area contributed by atoms with Gasteiger partial charge in [0.2, 0.25) is 21.1 Å². The Morgan fingerprint density at radius 1 is 1.03 bits per heavy atom. The summed E-state index contributed by atoms with van der Waals surface area (Å²) in [5.74, 6) is -0.749. The number of anilines is 1. The smallest absolute Gasteiger partial charge is 0.244 e. The van der Waals surface area contributed by atoms with Crippen LogP contribution in [-0.4, -0.2) is 35.5 Å². The molecule has 4 rings (SSSR count). The molecule has 2 heterocycles. The van der Waals surface area contributed by atoms with Crippen molar-refractivity contribution >= 4 is 43.3 Å². The summed E-state index contributed by atoms with van der Waals surface area (Å²) in [6, 6.07) is 17.0. The predicted molar refractivity (Wildman–Crippen MR) is 129 cm³/mol. The first kappa shape index (κ1) is 23.0. The molecular formula is C23H23N5O3S2. The lowest BCUT2D eigenvalue weighted by Gasteiger charge is -2.23. The standard InChI is InChI=1S/C23H23N5O3S2/c1-3-15(2)19(21(29)25-23-27-26-22(32-23)17-9-5-4-6-10-17)28-33(30,31)18-13-7-11-16-12-8-14-24-20(16)18/h4-15,19,28H,3H2,1-2H3,(H,25,27,29)/t15-,19+/m0/s1. The molecule has 0 unspecified atom stereocenters. The third kappa shape index (κ3) is 5.08. The Hall–Kier alpha value is -3.21. The van der Waals surface area contributed by atoms with Crippen LogP contribution in [0.5, 0.6) is 0 Å². The molecule has 8 nitrogen and oxygen atoms in total. The lowest BCUT2D eigenvalue weighted by molar-refractivity contribution is -0.118. The second-order valence-electron chi connectivity index (χ2n) is 7.58. The van der Waals surface area contributed by atoms with Crippen molar-refractivity contribution in [1.29, 1.82) is 0 Å². The van der Waals surface area contributed by atoms with Crippen LogP contribution in [0.15, 0.2) is 71.8 Å². The first-order valence-corrected chi connectivity index (χ1v) is 12.7. The summed E-state index contributed by atoms with van der Waals surface area (Å²) in [6.45, 7) is 3.72. The van der Waals surface area contributed by atoms with Gasteiger partial charge in [-0.25, -0.2) is 8.42 Å². The Morgan fingerprint density at radius 3 is 2.55 bits per heavy atom. The summed E-state index contributed by atoms with van der Waals surface area (Å²) in [7, 11) is -4.02. The molecule has 10 heteroatoms. The molecule has 0 aliphatic heterocycles. The van der Waals surface area contributed by atoms with E-state index >= 15 is 0 Å². The van der Waals surface area contributed by atoms with Crippen molar-refractivity contribution in [3.8, 4) is 10.6 Å². The molecule has 2 aromatic carbocycles. The number of nitrogens with one attached hydrogen (secondary N) is 2. The molecule has 1 amide bonds. The molecule has 2 aromatic heterocycles. The van der Waals surface area contributed by atoms with E-state index < -0.39 is 22.0 Å². The fourth-order valence-corrected chi connectivity index (χ4v) is 5.58. The summed E-state index contributed by atoms with van der Waals surface area (Å²) >= 11 is 1.23. The normalized spacial score (nSPS) is 13.5. The Morgan fingerprint density at radius 2 is 1.79 bits per heavy atom. The van der Waals surface area contributed by atoms with E-state index in [0.717, 1.165) is 5.56 Å². The number of nitrogens with zero attached hydrogens (tertiary/aromatic N) is 3. The molecule has 2 N–H and O–H groups in total. The van der Waals surface area contributed by atoms with E-state index in [1.165, 1.54) is 17.4 Å². The van der Waals surface area contributed by atoms with Gasteiger partial charge in [-0.15, -0.1) is 10.2 Å². The van der Waals surface area contributed by atoms with Gasteiger partial charge < -0.3 is 0 Å². The molecule has 0 fully saturated rings. The average molecular weight is 482 g/mol. The highest BCUT2D eigenvalue weighted by Gasteiger charge is 2.31. The molecule has 0 bridgehead atoms. The van der Waals surface area contributed by atoms with E-state index in [1.807, 2.05) is 44.2 Å². The molecule has 0 radical (unpaired) electrons. The van der Waals surface area contributed by atoms with Gasteiger partial charge in [0.1, 0.15) is 15.9 Å². The van der Waals surface area contributed by atoms with Crippen molar-refractivity contribution in [1.82, 2.24) is 19.9 Å². The quantitative estimate of drug-likeness (QED) is 0.392. The van der Waals surface area contributed by atoms with Crippen molar-refractivity contribution in [3.63, 3.8) is 0 Å². The minimum absolute atomic E-state index is 0.0315. The molecule has 2 atom stereocenters. The maximum absolute atomic E-state index is 13.3. The fourth-order valence-electron chi connectivity index (χ4n) is 3.34. The number of fused-ring (bicyclic) bond motifs is 1. The van der Waals surface area contributed by atoms with E-state index in [2.05, 4.69) is 25.2 Å². The van der Waals surface area contributed by atoms with Gasteiger partial charge in [-0.1, -0.05) is 80.1 Å². The number of carbonyl (C=O) groups excluding carboxylic acids is 1. The number of benzene rings is 2. The summed E-state index contributed by atoms with van der Waals surface area (Å²) in [6.07, 6.45) is 2.14. The molecule has 170 valence electrons. The van der Waals surface area contributed by atoms with Gasteiger partial charge in [-0.3, -0.25) is 15.1 Å². The van der Waals surface area contributed by atoms with Crippen LogP contribution in [0, 0.1) is 5.92 Å². The van der Waals surface area contributed by atoms with Crippen LogP contribution < -0.4 is 10.0 Å². The fraction of sp³-hybridized carbons (Fsp3) is 0.217. The van der Waals surface area contributed by atoms with Gasteiger partial charge in [-0.2, -0.15) is 4.72 Å². The summed E-state index contributed by atoms with van der Waals surface area (Å²) < 4.78 is 29.1. The molecular weight excluding hydrogens is 458 g/mol. The van der Waals surface area contributed by atoms with Crippen LogP contribution in [0.4, 0.5) is 5.13 Å². The van der Waals surface area contributed by atoms with E-state index in [1.54, 1.807) is 30.5 Å². The topological polar surface area (TPSA) is 114 Å². The number of aromatic nitrogens is 3. The minimum Gasteiger partial charge on any atom is -0.299 e. The Kier molecular flexibility index (Phi) is 6.77. The van der Waals surface area contributed by atoms with Crippen LogP contribution in [0.25, 0.3) is 21.5 Å². The third-order valence-electron chi connectivity index (χ3n) is 5.34. The SMILES string of the molecule is CC[C@H](C)[C@@H](NS(=O)(=O)c1cccc2cccnc12)C(=O)Nc1nnc(-c2ccccc2)s1. The zero-order valence-electron chi connectivity index (χ0n) is 18.1. The zero-order valence-corrected chi connectivity index (χ0v) is 19.7. The van der Waals surface area contributed by atoms with E-state index in [4.69, 9.17) is 0 Å². The van der Waals surface area contributed by atoms with Crippen molar-refractivity contribution in [3.05, 3.63) is 66.9 Å². The average Bonchev–Trinajstić information content (AvgIpc) is 3.30. The molecule has 0 saturated heterocycles. The van der Waals surface area contributed by atoms with Gasteiger partial charge in [0.05, 0.1) is 5.52 Å². The molecule has 0 aliphatic carbocycles. The second kappa shape index (κ2) is 9.74. The van der Waals surface area contributed by atoms with Crippen LogP contribution in [0.3, 0.4) is 0 Å². The highest BCUT2D eigenvalue weighted by molar-refractivity contribution is 7.89. The maximum atomic E-state index is 13.3. The summed E-state index contributed by atoms with van der Waals surface area (Å²) in [5, 5.41) is 12.6. The lowest BCUT2D eigenvalue weighted by Crippen LogP contribution is -2.47. The van der Waals surface area contributed by atoms with Gasteiger partial charge in [0.15, 0.2) is 0 Å². The lowest BCUT2D eigenvalue weighted by atomic mass is 9.99. The van der Waals surface area contributed by atoms with Gasteiger partial charge in [0.25, 0.3) is 0 Å². The summed E-state index contributed by atoms with van der Waals surface area (Å²) in [4.78, 5) is 17.4. The Balaban J connectivity index is 1.58. The molecule has 33 heavy (non-hydrogen) atoms. The van der Waals surface area contributed by atoms with E-state index in [9.17, 15) is 13.2 Å². The van der Waals surface area contributed by atoms with Crippen LogP contribution >= 0.6 is 11.3 Å². The second-order valence-corrected chi connectivity index (χ2v) is 10.2. The number of amides is 1. The predicted octanol–water partition coefficient (Wildman–Crippen LogP) is 4.09. The minimum atomic E-state index is -4.02. The monoisotopic (exact) mass is 481 g/mol. The number of rotatable bonds is 8. The van der Waals surface area contributed by atoms with E-state index in [0.29, 0.717) is 27.5 Å². The first-order valence-electron chi connectivity index (χ1n) is 10.4. The maximum Gasteiger partial charge on any atom is 0.244 e. The summed E-state index contributed by atoms with van der Waals surface area (Å²) in [5.41, 5.74) is 1.24. The van der Waals surface area contributed by atoms with Crippen LogP contribution in [-0.2, 0) is 14.8 Å². The number of hydrogen-bond donors (Lipinski definition) is 2. The zero-order chi connectivity index (χ0) is 23.4. The third-order valence-corrected chi connectivity index (χ3v) is 7.70. The Bertz CT molecular complexity index is 1370. The number of para-hydroxylation sites is 1.